The first-order valence-corrected chi connectivity index (χ1v) is 26.6. The van der Waals surface area contributed by atoms with Crippen LogP contribution in [0.3, 0.4) is 0 Å². The van der Waals surface area contributed by atoms with Gasteiger partial charge in [-0.15, -0.1) is 0 Å². The summed E-state index contributed by atoms with van der Waals surface area (Å²) in [4.78, 5) is 0. The van der Waals surface area contributed by atoms with Crippen molar-refractivity contribution in [3.05, 3.63) is 11.6 Å². The molecule has 2 unspecified atom stereocenters. The van der Waals surface area contributed by atoms with Crippen LogP contribution in [-0.4, -0.2) is 250 Å². The molecule has 6 saturated heterocycles. The lowest BCUT2D eigenvalue weighted by Crippen LogP contribution is -2.67. The second kappa shape index (κ2) is 20.7. The molecule has 34 atom stereocenters. The van der Waals surface area contributed by atoms with E-state index in [2.05, 4.69) is 13.0 Å². The Morgan fingerprint density at radius 2 is 1.22 bits per heavy atom. The highest BCUT2D eigenvalue weighted by Crippen LogP contribution is 2.71. The van der Waals surface area contributed by atoms with Gasteiger partial charge in [0.25, 0.3) is 0 Å². The first-order chi connectivity index (χ1) is 34.9. The Morgan fingerprint density at radius 1 is 0.608 bits per heavy atom. The van der Waals surface area contributed by atoms with Gasteiger partial charge in [0.2, 0.25) is 0 Å². The molecule has 9 fully saturated rings. The summed E-state index contributed by atoms with van der Waals surface area (Å²) in [6, 6.07) is 0. The topological polar surface area (TPSA) is 376 Å². The van der Waals surface area contributed by atoms with E-state index < -0.39 is 195 Å². The molecule has 24 heteroatoms. The fourth-order valence-corrected chi connectivity index (χ4v) is 15.4. The van der Waals surface area contributed by atoms with Crippen molar-refractivity contribution in [2.45, 2.75) is 233 Å². The third kappa shape index (κ3) is 8.81. The van der Waals surface area contributed by atoms with Crippen LogP contribution >= 0.6 is 0 Å². The molecule has 0 radical (unpaired) electrons. The summed E-state index contributed by atoms with van der Waals surface area (Å²) in [5.74, 6) is -3.28. The molecule has 6 aliphatic heterocycles. The molecule has 6 heterocycles. The molecule has 10 rings (SSSR count). The zero-order chi connectivity index (χ0) is 53.4. The molecule has 4 aliphatic carbocycles. The van der Waals surface area contributed by atoms with E-state index in [-0.39, 0.29) is 43.1 Å². The number of allylic oxidation sites excluding steroid dienone is 1. The Hall–Kier alpha value is -1.22. The molecule has 74 heavy (non-hydrogen) atoms. The van der Waals surface area contributed by atoms with Crippen molar-refractivity contribution >= 4 is 0 Å². The van der Waals surface area contributed by atoms with Crippen LogP contribution < -0.4 is 0 Å². The van der Waals surface area contributed by atoms with Crippen LogP contribution in [0.4, 0.5) is 0 Å². The Balaban J connectivity index is 0.927. The van der Waals surface area contributed by atoms with E-state index in [1.807, 2.05) is 20.8 Å². The lowest BCUT2D eigenvalue weighted by atomic mass is 9.45. The first kappa shape index (κ1) is 56.1. The van der Waals surface area contributed by atoms with Crippen molar-refractivity contribution in [3.8, 4) is 0 Å². The van der Waals surface area contributed by atoms with Gasteiger partial charge in [-0.3, -0.25) is 0 Å². The van der Waals surface area contributed by atoms with Crippen LogP contribution in [0.2, 0.25) is 0 Å². The van der Waals surface area contributed by atoms with E-state index in [1.54, 1.807) is 6.92 Å². The molecule has 3 saturated carbocycles. The summed E-state index contributed by atoms with van der Waals surface area (Å²) in [7, 11) is 0. The highest BCUT2D eigenvalue weighted by molar-refractivity contribution is 5.30. The van der Waals surface area contributed by atoms with E-state index in [9.17, 15) is 71.5 Å². The minimum absolute atomic E-state index is 0.0464. The predicted molar refractivity (Wildman–Crippen MR) is 245 cm³/mol. The summed E-state index contributed by atoms with van der Waals surface area (Å²) < 4.78 is 62.6. The van der Waals surface area contributed by atoms with Gasteiger partial charge in [0.05, 0.1) is 62.5 Å². The summed E-state index contributed by atoms with van der Waals surface area (Å²) in [5, 5.41) is 155. The van der Waals surface area contributed by atoms with Gasteiger partial charge in [-0.1, -0.05) is 39.3 Å². The minimum Gasteiger partial charge on any atom is -0.394 e. The van der Waals surface area contributed by atoms with Gasteiger partial charge in [-0.25, -0.2) is 0 Å². The zero-order valence-electron chi connectivity index (χ0n) is 42.5. The van der Waals surface area contributed by atoms with Gasteiger partial charge < -0.3 is 119 Å². The quantitative estimate of drug-likeness (QED) is 0.0970. The molecule has 14 N–H and O–H groups in total. The van der Waals surface area contributed by atoms with Gasteiger partial charge >= 0.3 is 0 Å². The van der Waals surface area contributed by atoms with Crippen LogP contribution in [0.1, 0.15) is 73.6 Å². The molecule has 10 aliphatic rings. The van der Waals surface area contributed by atoms with Crippen LogP contribution in [0.25, 0.3) is 0 Å². The van der Waals surface area contributed by atoms with E-state index in [0.717, 1.165) is 5.57 Å². The second-order valence-electron chi connectivity index (χ2n) is 23.8. The maximum Gasteiger partial charge on any atom is 0.200 e. The Kier molecular flexibility index (Phi) is 15.7. The summed E-state index contributed by atoms with van der Waals surface area (Å²) in [5.41, 5.74) is -0.807. The first-order valence-electron chi connectivity index (χ1n) is 26.6. The standard InChI is InChI=1S/C50H80O24/c1-16-14-66-50(43(64)40(16)71-45-38(62)35(59)31(55)18(3)67-45)17(2)30-26(74-50)11-23-22-8-7-20-9-21(52)10-29(48(20,5)24(22)12-28(54)49(23,30)6)70-47-42(73-46-39(63)36(60)32(56)19(4)68-46)41(34(58)27(13-51)69-47)72-44-37(61)33(57)25(53)15-65-44/h7,16-19,21-47,51-64H,8-15H2,1-6H3/t16-,17+,18-,19+,21-,22+,23+,24+,25-,26?,27-,28-,29-,30?,31+,32+,33+,34-,35+,36-,37-,38-,39-,40+,41+,42-,43+,44+,45+,46+,47+,48+,49-,50+/m1/s1. The number of aliphatic hydroxyl groups is 14. The molecule has 0 aromatic heterocycles. The zero-order valence-corrected chi connectivity index (χ0v) is 42.5. The number of aliphatic hydroxyl groups excluding tert-OH is 14. The van der Waals surface area contributed by atoms with Gasteiger partial charge in [-0.05, 0) is 57.3 Å². The van der Waals surface area contributed by atoms with E-state index in [1.165, 1.54) is 6.92 Å². The number of ether oxygens (including phenoxy) is 10. The van der Waals surface area contributed by atoms with Crippen molar-refractivity contribution in [3.63, 3.8) is 0 Å². The van der Waals surface area contributed by atoms with Gasteiger partial charge in [-0.2, -0.15) is 0 Å². The monoisotopic (exact) mass is 1060 g/mol. The number of fused-ring (bicyclic) bond motifs is 7. The molecule has 24 nitrogen and oxygen atoms in total. The fraction of sp³-hybridized carbons (Fsp3) is 0.960. The highest BCUT2D eigenvalue weighted by atomic mass is 16.8. The maximum absolute atomic E-state index is 12.8. The molecule has 0 amide bonds. The van der Waals surface area contributed by atoms with Crippen molar-refractivity contribution < 1.29 is 119 Å². The SMILES string of the molecule is C[C@@H]1CO[C@@]2(OC3C[C@H]4[C@@H]5CC=C6C[C@@H](O)C[C@@H](O[C@@H]7O[C@H](CO)[C@@H](O)[C@H](O[C@@H]8OC[C@@H](O)[C@H](O)[C@H]8O)[C@H]7O[C@@H]7O[C@@H](C)[C@H](O)[C@@H](O)[C@H]7O)[C@]6(C)[C@H]5C[C@@H](O)[C@]4(C)C3[C@@H]2C)[C@@H](O)[C@H]1O[C@@H]1O[C@H](C)[C@H](O)[C@H](O)[C@H]1O. The lowest BCUT2D eigenvalue weighted by molar-refractivity contribution is -0.393. The molecular weight excluding hydrogens is 985 g/mol. The van der Waals surface area contributed by atoms with E-state index in [4.69, 9.17) is 47.4 Å². The van der Waals surface area contributed by atoms with Gasteiger partial charge in [0, 0.05) is 35.0 Å². The highest BCUT2D eigenvalue weighted by Gasteiger charge is 2.74. The normalized spacial score (nSPS) is 59.6. The third-order valence-corrected chi connectivity index (χ3v) is 19.7. The van der Waals surface area contributed by atoms with E-state index >= 15 is 0 Å². The van der Waals surface area contributed by atoms with Crippen LogP contribution in [0.15, 0.2) is 11.6 Å². The smallest absolute Gasteiger partial charge is 0.200 e. The summed E-state index contributed by atoms with van der Waals surface area (Å²) in [6.45, 7) is 9.69. The van der Waals surface area contributed by atoms with Crippen molar-refractivity contribution in [2.24, 2.45) is 46.3 Å². The second-order valence-corrected chi connectivity index (χ2v) is 23.8. The van der Waals surface area contributed by atoms with Crippen molar-refractivity contribution in [1.82, 2.24) is 0 Å². The van der Waals surface area contributed by atoms with Gasteiger partial charge in [0.15, 0.2) is 30.9 Å². The molecule has 1 spiro atoms. The summed E-state index contributed by atoms with van der Waals surface area (Å²) in [6.07, 6.45) is -31.2. The fourth-order valence-electron chi connectivity index (χ4n) is 15.4. The molecule has 0 aromatic carbocycles. The Labute approximate surface area is 428 Å². The molecule has 424 valence electrons. The van der Waals surface area contributed by atoms with Crippen LogP contribution in [0.5, 0.6) is 0 Å². The Bertz CT molecular complexity index is 2010. The predicted octanol–water partition coefficient (Wildman–Crippen LogP) is -4.41. The largest absolute Gasteiger partial charge is 0.394 e. The van der Waals surface area contributed by atoms with Crippen molar-refractivity contribution in [1.29, 1.82) is 0 Å². The van der Waals surface area contributed by atoms with Crippen molar-refractivity contribution in [2.75, 3.05) is 19.8 Å². The van der Waals surface area contributed by atoms with E-state index in [0.29, 0.717) is 19.3 Å². The maximum atomic E-state index is 12.8. The van der Waals surface area contributed by atoms with Gasteiger partial charge in [0.1, 0.15) is 85.5 Å². The lowest BCUT2D eigenvalue weighted by Gasteiger charge is -2.62. The molecule has 0 bridgehead atoms. The molecule has 0 aromatic rings. The number of hydrogen-bond donors (Lipinski definition) is 14. The molecular formula is C50H80O24. The van der Waals surface area contributed by atoms with Crippen LogP contribution in [0, 0.1) is 46.3 Å². The number of rotatable bonds is 9. The number of hydrogen-bond acceptors (Lipinski definition) is 24. The third-order valence-electron chi connectivity index (χ3n) is 19.7. The minimum atomic E-state index is -1.86. The average molecular weight is 1070 g/mol. The van der Waals surface area contributed by atoms with Crippen LogP contribution in [-0.2, 0) is 47.4 Å². The summed E-state index contributed by atoms with van der Waals surface area (Å²) >= 11 is 0. The average Bonchev–Trinajstić information content (AvgIpc) is 3.83. The Morgan fingerprint density at radius 3 is 1.85 bits per heavy atom.